The smallest absolute Gasteiger partial charge is 0.267 e. The maximum atomic E-state index is 12.8. The number of hydrazone groups is 1. The van der Waals surface area contributed by atoms with E-state index < -0.39 is 17.6 Å². The van der Waals surface area contributed by atoms with Crippen LogP contribution in [0, 0.1) is 0 Å². The summed E-state index contributed by atoms with van der Waals surface area (Å²) in [5, 5.41) is 4.56. The number of benzene rings is 3. The fourth-order valence-electron chi connectivity index (χ4n) is 3.10. The second-order valence-corrected chi connectivity index (χ2v) is 6.76. The average molecular weight is 419 g/mol. The summed E-state index contributed by atoms with van der Waals surface area (Å²) in [7, 11) is 0. The number of rotatable bonds is 4. The van der Waals surface area contributed by atoms with Crippen LogP contribution in [0.4, 0.5) is 13.2 Å². The zero-order valence-corrected chi connectivity index (χ0v) is 16.1. The third kappa shape index (κ3) is 4.61. The molecule has 0 spiro atoms. The molecule has 0 unspecified atom stereocenters. The largest absolute Gasteiger partial charge is 0.416 e. The van der Waals surface area contributed by atoms with E-state index in [1.54, 1.807) is 12.1 Å². The number of pyridine rings is 1. The Hall–Kier alpha value is -4.00. The van der Waals surface area contributed by atoms with Crippen LogP contribution in [0.15, 0.2) is 90.0 Å². The number of para-hydroxylation sites is 1. The highest BCUT2D eigenvalue weighted by Crippen LogP contribution is 2.29. The van der Waals surface area contributed by atoms with Gasteiger partial charge in [-0.2, -0.15) is 18.3 Å². The number of aromatic nitrogens is 1. The van der Waals surface area contributed by atoms with Crippen LogP contribution in [0.2, 0.25) is 0 Å². The monoisotopic (exact) mass is 419 g/mol. The van der Waals surface area contributed by atoms with Gasteiger partial charge in [-0.05, 0) is 29.8 Å². The summed E-state index contributed by atoms with van der Waals surface area (Å²) in [6, 6.07) is 23.0. The topological polar surface area (TPSA) is 54.4 Å². The van der Waals surface area contributed by atoms with Crippen LogP contribution in [0.3, 0.4) is 0 Å². The average Bonchev–Trinajstić information content (AvgIpc) is 2.78. The van der Waals surface area contributed by atoms with Crippen molar-refractivity contribution < 1.29 is 18.0 Å². The SMILES string of the molecule is O=C(N/N=C/c1ccc(C(F)(F)F)cc1)c1cc(-c2ccccc2)nc2ccccc12. The highest BCUT2D eigenvalue weighted by atomic mass is 19.4. The molecule has 0 radical (unpaired) electrons. The molecule has 1 aromatic heterocycles. The molecule has 7 heteroatoms. The van der Waals surface area contributed by atoms with Crippen molar-refractivity contribution in [1.29, 1.82) is 0 Å². The van der Waals surface area contributed by atoms with Gasteiger partial charge in [0.05, 0.1) is 28.6 Å². The molecule has 0 saturated heterocycles. The number of hydrogen-bond donors (Lipinski definition) is 1. The minimum Gasteiger partial charge on any atom is -0.267 e. The molecule has 0 aliphatic heterocycles. The summed E-state index contributed by atoms with van der Waals surface area (Å²) >= 11 is 0. The fourth-order valence-corrected chi connectivity index (χ4v) is 3.10. The Balaban J connectivity index is 1.59. The summed E-state index contributed by atoms with van der Waals surface area (Å²) < 4.78 is 38.0. The predicted octanol–water partition coefficient (Wildman–Crippen LogP) is 5.68. The first-order chi connectivity index (χ1) is 14.9. The van der Waals surface area contributed by atoms with Crippen LogP contribution in [-0.2, 0) is 6.18 Å². The highest BCUT2D eigenvalue weighted by molar-refractivity contribution is 6.07. The molecule has 1 heterocycles. The van der Waals surface area contributed by atoms with Crippen LogP contribution in [0.5, 0.6) is 0 Å². The maximum absolute atomic E-state index is 12.8. The number of carbonyl (C=O) groups excluding carboxylic acids is 1. The Kier molecular flexibility index (Phi) is 5.49. The number of carbonyl (C=O) groups is 1. The van der Waals surface area contributed by atoms with Gasteiger partial charge in [-0.1, -0.05) is 60.7 Å². The van der Waals surface area contributed by atoms with Crippen molar-refractivity contribution in [2.24, 2.45) is 5.10 Å². The van der Waals surface area contributed by atoms with Crippen LogP contribution < -0.4 is 5.43 Å². The van der Waals surface area contributed by atoms with Crippen LogP contribution in [0.1, 0.15) is 21.5 Å². The lowest BCUT2D eigenvalue weighted by Crippen LogP contribution is -2.18. The molecule has 0 aliphatic rings. The summed E-state index contributed by atoms with van der Waals surface area (Å²) in [4.78, 5) is 17.5. The summed E-state index contributed by atoms with van der Waals surface area (Å²) in [6.07, 6.45) is -3.11. The summed E-state index contributed by atoms with van der Waals surface area (Å²) in [5.74, 6) is -0.445. The third-order valence-electron chi connectivity index (χ3n) is 4.65. The number of alkyl halides is 3. The lowest BCUT2D eigenvalue weighted by atomic mass is 10.0. The Morgan fingerprint density at radius 1 is 0.903 bits per heavy atom. The zero-order chi connectivity index (χ0) is 21.8. The molecule has 4 aromatic rings. The number of amides is 1. The Morgan fingerprint density at radius 2 is 1.58 bits per heavy atom. The predicted molar refractivity (Wildman–Crippen MR) is 114 cm³/mol. The Labute approximate surface area is 176 Å². The van der Waals surface area contributed by atoms with Gasteiger partial charge in [-0.25, -0.2) is 10.4 Å². The molecule has 4 rings (SSSR count). The molecule has 3 aromatic carbocycles. The zero-order valence-electron chi connectivity index (χ0n) is 16.1. The van der Waals surface area contributed by atoms with E-state index in [1.165, 1.54) is 18.3 Å². The van der Waals surface area contributed by atoms with E-state index in [2.05, 4.69) is 15.5 Å². The molecule has 0 saturated carbocycles. The number of hydrogen-bond acceptors (Lipinski definition) is 3. The minimum absolute atomic E-state index is 0.397. The van der Waals surface area contributed by atoms with Crippen molar-refractivity contribution in [3.8, 4) is 11.3 Å². The normalized spacial score (nSPS) is 11.7. The second-order valence-electron chi connectivity index (χ2n) is 6.76. The lowest BCUT2D eigenvalue weighted by Gasteiger charge is -2.09. The minimum atomic E-state index is -4.40. The number of nitrogens with zero attached hydrogens (tertiary/aromatic N) is 2. The third-order valence-corrected chi connectivity index (χ3v) is 4.65. The Morgan fingerprint density at radius 3 is 2.29 bits per heavy atom. The van der Waals surface area contributed by atoms with Gasteiger partial charge in [0.15, 0.2) is 0 Å². The van der Waals surface area contributed by atoms with Crippen LogP contribution in [-0.4, -0.2) is 17.1 Å². The van der Waals surface area contributed by atoms with E-state index in [0.29, 0.717) is 27.7 Å². The van der Waals surface area contributed by atoms with Crippen molar-refractivity contribution >= 4 is 23.0 Å². The molecule has 1 N–H and O–H groups in total. The van der Waals surface area contributed by atoms with Crippen molar-refractivity contribution in [1.82, 2.24) is 10.4 Å². The van der Waals surface area contributed by atoms with Crippen molar-refractivity contribution in [2.75, 3.05) is 0 Å². The maximum Gasteiger partial charge on any atom is 0.416 e. The molecule has 0 aliphatic carbocycles. The molecule has 4 nitrogen and oxygen atoms in total. The van der Waals surface area contributed by atoms with E-state index in [1.807, 2.05) is 48.5 Å². The standard InChI is InChI=1S/C24H16F3N3O/c25-24(26,27)18-12-10-16(11-13-18)15-28-30-23(31)20-14-22(17-6-2-1-3-7-17)29-21-9-5-4-8-19(20)21/h1-15H,(H,30,31)/b28-15+. The first-order valence-corrected chi connectivity index (χ1v) is 9.38. The molecule has 0 fully saturated rings. The molecule has 31 heavy (non-hydrogen) atoms. The van der Waals surface area contributed by atoms with Gasteiger partial charge in [0.25, 0.3) is 5.91 Å². The van der Waals surface area contributed by atoms with E-state index in [9.17, 15) is 18.0 Å². The molecular formula is C24H16F3N3O. The van der Waals surface area contributed by atoms with Gasteiger partial charge >= 0.3 is 6.18 Å². The van der Waals surface area contributed by atoms with Crippen molar-refractivity contribution in [3.05, 3.63) is 102 Å². The van der Waals surface area contributed by atoms with Gasteiger partial charge in [-0.15, -0.1) is 0 Å². The van der Waals surface area contributed by atoms with Crippen LogP contribution >= 0.6 is 0 Å². The molecule has 0 bridgehead atoms. The number of halogens is 3. The number of nitrogens with one attached hydrogen (secondary N) is 1. The molecule has 154 valence electrons. The van der Waals surface area contributed by atoms with E-state index in [4.69, 9.17) is 0 Å². The molecule has 1 amide bonds. The van der Waals surface area contributed by atoms with Gasteiger partial charge in [-0.3, -0.25) is 4.79 Å². The van der Waals surface area contributed by atoms with E-state index in [0.717, 1.165) is 17.7 Å². The molecule has 0 atom stereocenters. The van der Waals surface area contributed by atoms with Gasteiger partial charge < -0.3 is 0 Å². The first-order valence-electron chi connectivity index (χ1n) is 9.38. The van der Waals surface area contributed by atoms with Crippen molar-refractivity contribution in [2.45, 2.75) is 6.18 Å². The number of fused-ring (bicyclic) bond motifs is 1. The second kappa shape index (κ2) is 8.39. The van der Waals surface area contributed by atoms with Gasteiger partial charge in [0.1, 0.15) is 0 Å². The van der Waals surface area contributed by atoms with Gasteiger partial charge in [0, 0.05) is 10.9 Å². The van der Waals surface area contributed by atoms with E-state index >= 15 is 0 Å². The fraction of sp³-hybridized carbons (Fsp3) is 0.0417. The highest BCUT2D eigenvalue weighted by Gasteiger charge is 2.29. The summed E-state index contributed by atoms with van der Waals surface area (Å²) in [5.41, 5.74) is 4.71. The van der Waals surface area contributed by atoms with Crippen LogP contribution in [0.25, 0.3) is 22.2 Å². The molecular weight excluding hydrogens is 403 g/mol. The first kappa shape index (κ1) is 20.3. The van der Waals surface area contributed by atoms with Gasteiger partial charge in [0.2, 0.25) is 0 Å². The lowest BCUT2D eigenvalue weighted by molar-refractivity contribution is -0.137. The van der Waals surface area contributed by atoms with Crippen molar-refractivity contribution in [3.63, 3.8) is 0 Å². The summed E-state index contributed by atoms with van der Waals surface area (Å²) in [6.45, 7) is 0. The van der Waals surface area contributed by atoms with E-state index in [-0.39, 0.29) is 0 Å². The Bertz CT molecular complexity index is 1250. The quantitative estimate of drug-likeness (QED) is 0.342.